The van der Waals surface area contributed by atoms with Gasteiger partial charge in [-0.2, -0.15) is 0 Å². The highest BCUT2D eigenvalue weighted by Crippen LogP contribution is 2.43. The number of amides is 2. The van der Waals surface area contributed by atoms with Crippen LogP contribution in [0.3, 0.4) is 0 Å². The van der Waals surface area contributed by atoms with Crippen molar-refractivity contribution < 1.29 is 38.7 Å². The Hall–Kier alpha value is -4.48. The van der Waals surface area contributed by atoms with E-state index in [9.17, 15) is 19.8 Å². The van der Waals surface area contributed by atoms with Crippen LogP contribution in [0.1, 0.15) is 11.1 Å². The Morgan fingerprint density at radius 3 is 1.97 bits per heavy atom. The summed E-state index contributed by atoms with van der Waals surface area (Å²) >= 11 is 0. The minimum Gasteiger partial charge on any atom is -0.493 e. The molecule has 0 fully saturated rings. The second-order valence-corrected chi connectivity index (χ2v) is 8.74. The van der Waals surface area contributed by atoms with Crippen LogP contribution in [0.5, 0.6) is 23.0 Å². The number of carbonyl (C=O) groups is 2. The first-order valence-electron chi connectivity index (χ1n) is 11.7. The quantitative estimate of drug-likeness (QED) is 0.245. The molecule has 0 radical (unpaired) electrons. The first-order valence-corrected chi connectivity index (χ1v) is 11.7. The average Bonchev–Trinajstić information content (AvgIpc) is 3.58. The summed E-state index contributed by atoms with van der Waals surface area (Å²) in [6.45, 7) is -0.402. The van der Waals surface area contributed by atoms with Crippen molar-refractivity contribution in [1.29, 1.82) is 0 Å². The number of benzene rings is 2. The summed E-state index contributed by atoms with van der Waals surface area (Å²) in [5.74, 6) is 0.759. The molecule has 1 unspecified atom stereocenters. The van der Waals surface area contributed by atoms with Crippen molar-refractivity contribution in [2.24, 2.45) is 0 Å². The molecule has 2 amide bonds. The number of imide groups is 1. The lowest BCUT2D eigenvalue weighted by atomic mass is 9.95. The fraction of sp³-hybridized carbons (Fsp3) is 0.259. The monoisotopic (exact) mass is 521 g/mol. The number of aliphatic hydroxyl groups is 2. The van der Waals surface area contributed by atoms with Crippen LogP contribution >= 0.6 is 0 Å². The van der Waals surface area contributed by atoms with Gasteiger partial charge in [-0.15, -0.1) is 0 Å². The SMILES string of the molecule is COc1cc2[nH]cc(C3=C(c4cn(CC(O)CO)c5cc(OC)c(OC)cc45)C(=O)NC3=O)c2cc1OC. The number of aromatic amines is 1. The van der Waals surface area contributed by atoms with Gasteiger partial charge in [0.15, 0.2) is 23.0 Å². The van der Waals surface area contributed by atoms with E-state index in [-0.39, 0.29) is 17.7 Å². The molecule has 0 saturated heterocycles. The van der Waals surface area contributed by atoms with Gasteiger partial charge < -0.3 is 38.7 Å². The second kappa shape index (κ2) is 9.77. The summed E-state index contributed by atoms with van der Waals surface area (Å²) in [4.78, 5) is 29.6. The molecule has 4 N–H and O–H groups in total. The van der Waals surface area contributed by atoms with E-state index in [1.165, 1.54) is 28.4 Å². The third-order valence-electron chi connectivity index (χ3n) is 6.66. The lowest BCUT2D eigenvalue weighted by Crippen LogP contribution is -2.22. The first-order chi connectivity index (χ1) is 18.3. The Labute approximate surface area is 217 Å². The van der Waals surface area contributed by atoms with Gasteiger partial charge >= 0.3 is 0 Å². The fourth-order valence-electron chi connectivity index (χ4n) is 4.88. The molecule has 198 valence electrons. The maximum atomic E-state index is 13.3. The number of rotatable bonds is 9. The molecular formula is C27H27N3O8. The van der Waals surface area contributed by atoms with Crippen molar-refractivity contribution in [3.63, 3.8) is 0 Å². The van der Waals surface area contributed by atoms with E-state index >= 15 is 0 Å². The van der Waals surface area contributed by atoms with Crippen LogP contribution in [0.2, 0.25) is 0 Å². The first kappa shape index (κ1) is 25.2. The highest BCUT2D eigenvalue weighted by atomic mass is 16.5. The van der Waals surface area contributed by atoms with Gasteiger partial charge in [0, 0.05) is 51.9 Å². The van der Waals surface area contributed by atoms with Gasteiger partial charge in [-0.1, -0.05) is 0 Å². The minimum atomic E-state index is -1.05. The van der Waals surface area contributed by atoms with Gasteiger partial charge in [0.1, 0.15) is 0 Å². The number of H-pyrrole nitrogens is 1. The molecule has 38 heavy (non-hydrogen) atoms. The molecule has 1 aliphatic heterocycles. The summed E-state index contributed by atoms with van der Waals surface area (Å²) in [6.07, 6.45) is 2.29. The zero-order valence-electron chi connectivity index (χ0n) is 21.2. The standard InChI is InChI=1S/C27H27N3O8/c1-35-20-5-14-16(9-28-18(14)7-22(20)37-3)24-25(27(34)29-26(24)33)17-11-30(10-13(32)12-31)19-8-23(38-4)21(36-2)6-15(17)19/h5-9,11,13,28,31-32H,10,12H2,1-4H3,(H,29,33,34). The summed E-state index contributed by atoms with van der Waals surface area (Å²) in [5, 5.41) is 23.3. The van der Waals surface area contributed by atoms with Crippen LogP contribution in [0.4, 0.5) is 0 Å². The molecule has 5 rings (SSSR count). The molecule has 11 heteroatoms. The number of hydrogen-bond donors (Lipinski definition) is 4. The van der Waals surface area contributed by atoms with Crippen LogP contribution in [-0.4, -0.2) is 72.7 Å². The number of ether oxygens (including phenoxy) is 4. The van der Waals surface area contributed by atoms with E-state index in [1.54, 1.807) is 41.2 Å². The molecule has 0 saturated carbocycles. The number of carbonyl (C=O) groups excluding carboxylic acids is 2. The molecule has 4 aromatic rings. The van der Waals surface area contributed by atoms with Gasteiger partial charge in [0.2, 0.25) is 0 Å². The summed E-state index contributed by atoms with van der Waals surface area (Å²) < 4.78 is 23.5. The molecule has 2 aromatic heterocycles. The smallest absolute Gasteiger partial charge is 0.259 e. The van der Waals surface area contributed by atoms with E-state index in [1.807, 2.05) is 0 Å². The summed E-state index contributed by atoms with van der Waals surface area (Å²) in [7, 11) is 6.05. The zero-order valence-corrected chi connectivity index (χ0v) is 21.2. The maximum absolute atomic E-state index is 13.3. The average molecular weight is 522 g/mol. The highest BCUT2D eigenvalue weighted by molar-refractivity contribution is 6.50. The van der Waals surface area contributed by atoms with Gasteiger partial charge in [-0.25, -0.2) is 0 Å². The number of aromatic nitrogens is 2. The predicted octanol–water partition coefficient (Wildman–Crippen LogP) is 2.08. The van der Waals surface area contributed by atoms with Crippen molar-refractivity contribution in [3.8, 4) is 23.0 Å². The minimum absolute atomic E-state index is 0.0464. The van der Waals surface area contributed by atoms with Crippen molar-refractivity contribution in [1.82, 2.24) is 14.9 Å². The van der Waals surface area contributed by atoms with Crippen LogP contribution < -0.4 is 24.3 Å². The number of aliphatic hydroxyl groups excluding tert-OH is 2. The molecule has 0 aliphatic carbocycles. The van der Waals surface area contributed by atoms with Crippen molar-refractivity contribution in [2.75, 3.05) is 35.0 Å². The van der Waals surface area contributed by atoms with Crippen LogP contribution in [-0.2, 0) is 16.1 Å². The predicted molar refractivity (Wildman–Crippen MR) is 140 cm³/mol. The van der Waals surface area contributed by atoms with Crippen LogP contribution in [0.15, 0.2) is 36.7 Å². The summed E-state index contributed by atoms with van der Waals surface area (Å²) in [6, 6.07) is 6.94. The third kappa shape index (κ3) is 3.92. The lowest BCUT2D eigenvalue weighted by Gasteiger charge is -2.12. The third-order valence-corrected chi connectivity index (χ3v) is 6.66. The molecule has 3 heterocycles. The normalized spacial score (nSPS) is 14.4. The summed E-state index contributed by atoms with van der Waals surface area (Å²) in [5.41, 5.74) is 2.63. The molecule has 1 atom stereocenters. The van der Waals surface area contributed by atoms with Crippen molar-refractivity contribution in [2.45, 2.75) is 12.6 Å². The maximum Gasteiger partial charge on any atom is 0.259 e. The topological polar surface area (TPSA) is 144 Å². The van der Waals surface area contributed by atoms with E-state index in [4.69, 9.17) is 18.9 Å². The van der Waals surface area contributed by atoms with E-state index in [2.05, 4.69) is 10.3 Å². The Morgan fingerprint density at radius 2 is 1.37 bits per heavy atom. The van der Waals surface area contributed by atoms with E-state index < -0.39 is 24.5 Å². The zero-order chi connectivity index (χ0) is 27.1. The van der Waals surface area contributed by atoms with Gasteiger partial charge in [0.25, 0.3) is 11.8 Å². The second-order valence-electron chi connectivity index (χ2n) is 8.74. The lowest BCUT2D eigenvalue weighted by molar-refractivity contribution is -0.122. The number of nitrogens with one attached hydrogen (secondary N) is 2. The number of nitrogens with zero attached hydrogens (tertiary/aromatic N) is 1. The van der Waals surface area contributed by atoms with E-state index in [0.717, 1.165) is 0 Å². The number of fused-ring (bicyclic) bond motifs is 2. The van der Waals surface area contributed by atoms with Gasteiger partial charge in [-0.05, 0) is 12.1 Å². The van der Waals surface area contributed by atoms with Crippen LogP contribution in [0.25, 0.3) is 33.0 Å². The van der Waals surface area contributed by atoms with Crippen LogP contribution in [0, 0.1) is 0 Å². The number of hydrogen-bond acceptors (Lipinski definition) is 8. The molecule has 1 aliphatic rings. The van der Waals surface area contributed by atoms with E-state index in [0.29, 0.717) is 55.9 Å². The van der Waals surface area contributed by atoms with Gasteiger partial charge in [0.05, 0.1) is 64.4 Å². The Balaban J connectivity index is 1.81. The fourth-order valence-corrected chi connectivity index (χ4v) is 4.88. The molecular weight excluding hydrogens is 494 g/mol. The largest absolute Gasteiger partial charge is 0.493 e. The Morgan fingerprint density at radius 1 is 0.816 bits per heavy atom. The molecule has 0 bridgehead atoms. The van der Waals surface area contributed by atoms with Gasteiger partial charge in [-0.3, -0.25) is 14.9 Å². The number of methoxy groups -OCH3 is 4. The molecule has 0 spiro atoms. The molecule has 11 nitrogen and oxygen atoms in total. The Bertz CT molecular complexity index is 1610. The van der Waals surface area contributed by atoms with Crippen molar-refractivity contribution in [3.05, 3.63) is 47.8 Å². The highest BCUT2D eigenvalue weighted by Gasteiger charge is 2.35. The molecule has 2 aromatic carbocycles. The Kier molecular flexibility index (Phi) is 6.47. The van der Waals surface area contributed by atoms with Crippen molar-refractivity contribution >= 4 is 44.8 Å².